The van der Waals surface area contributed by atoms with E-state index >= 15 is 0 Å². The lowest BCUT2D eigenvalue weighted by Gasteiger charge is -2.19. The molecule has 6 nitrogen and oxygen atoms in total. The topological polar surface area (TPSA) is 84.5 Å². The van der Waals surface area contributed by atoms with Gasteiger partial charge in [0.1, 0.15) is 5.75 Å². The SMILES string of the molecule is COc1ccc(Cl)cc1NCCC(=O)NCCS(=O)(=O)c1ccc(C(C)(C)C)cc1. The number of hydrogen-bond acceptors (Lipinski definition) is 5. The van der Waals surface area contributed by atoms with Gasteiger partial charge < -0.3 is 15.4 Å². The van der Waals surface area contributed by atoms with Gasteiger partial charge in [-0.15, -0.1) is 0 Å². The predicted octanol–water partition coefficient (Wildman–Crippen LogP) is 4.04. The number of carbonyl (C=O) groups is 1. The molecule has 2 aromatic carbocycles. The summed E-state index contributed by atoms with van der Waals surface area (Å²) < 4.78 is 30.2. The van der Waals surface area contributed by atoms with Crippen molar-refractivity contribution in [2.75, 3.05) is 31.3 Å². The van der Waals surface area contributed by atoms with Gasteiger partial charge in [0.25, 0.3) is 0 Å². The highest BCUT2D eigenvalue weighted by Crippen LogP contribution is 2.27. The average molecular weight is 453 g/mol. The summed E-state index contributed by atoms with van der Waals surface area (Å²) in [5.74, 6) is 0.244. The van der Waals surface area contributed by atoms with E-state index in [4.69, 9.17) is 16.3 Å². The third-order valence-electron chi connectivity index (χ3n) is 4.60. The molecule has 0 atom stereocenters. The van der Waals surface area contributed by atoms with Crippen molar-refractivity contribution in [1.82, 2.24) is 5.32 Å². The number of hydrogen-bond donors (Lipinski definition) is 2. The van der Waals surface area contributed by atoms with E-state index in [1.807, 2.05) is 12.1 Å². The van der Waals surface area contributed by atoms with E-state index in [0.717, 1.165) is 5.56 Å². The molecule has 0 aliphatic rings. The van der Waals surface area contributed by atoms with Crippen molar-refractivity contribution in [1.29, 1.82) is 0 Å². The number of anilines is 1. The Balaban J connectivity index is 1.80. The first-order valence-electron chi connectivity index (χ1n) is 9.70. The molecule has 0 aromatic heterocycles. The highest BCUT2D eigenvalue weighted by molar-refractivity contribution is 7.91. The van der Waals surface area contributed by atoms with Crippen molar-refractivity contribution in [2.24, 2.45) is 0 Å². The molecule has 8 heteroatoms. The maximum absolute atomic E-state index is 12.5. The Labute approximate surface area is 183 Å². The van der Waals surface area contributed by atoms with E-state index in [1.165, 1.54) is 0 Å². The monoisotopic (exact) mass is 452 g/mol. The maximum atomic E-state index is 12.5. The molecule has 0 fully saturated rings. The zero-order valence-electron chi connectivity index (χ0n) is 17.8. The van der Waals surface area contributed by atoms with E-state index in [1.54, 1.807) is 37.4 Å². The summed E-state index contributed by atoms with van der Waals surface area (Å²) in [5.41, 5.74) is 1.72. The number of ether oxygens (including phenoxy) is 1. The summed E-state index contributed by atoms with van der Waals surface area (Å²) in [6.07, 6.45) is 0.190. The molecule has 2 aromatic rings. The van der Waals surface area contributed by atoms with Crippen molar-refractivity contribution in [3.63, 3.8) is 0 Å². The second-order valence-electron chi connectivity index (χ2n) is 7.96. The van der Waals surface area contributed by atoms with E-state index in [0.29, 0.717) is 23.0 Å². The minimum Gasteiger partial charge on any atom is -0.495 e. The molecule has 0 saturated carbocycles. The van der Waals surface area contributed by atoms with Crippen LogP contribution in [0, 0.1) is 0 Å². The Bertz CT molecular complexity index is 968. The molecule has 0 bridgehead atoms. The minimum atomic E-state index is -3.46. The van der Waals surface area contributed by atoms with Crippen molar-refractivity contribution in [3.05, 3.63) is 53.1 Å². The Kier molecular flexibility index (Phi) is 8.15. The minimum absolute atomic E-state index is 0.0423. The first-order valence-corrected chi connectivity index (χ1v) is 11.7. The smallest absolute Gasteiger partial charge is 0.221 e. The molecule has 0 aliphatic carbocycles. The summed E-state index contributed by atoms with van der Waals surface area (Å²) in [6, 6.07) is 12.1. The summed E-state index contributed by atoms with van der Waals surface area (Å²) in [6.45, 7) is 6.64. The van der Waals surface area contributed by atoms with Crippen molar-refractivity contribution >= 4 is 33.0 Å². The van der Waals surface area contributed by atoms with Gasteiger partial charge in [0, 0.05) is 24.5 Å². The van der Waals surface area contributed by atoms with Crippen LogP contribution in [0.2, 0.25) is 5.02 Å². The fourth-order valence-electron chi connectivity index (χ4n) is 2.82. The van der Waals surface area contributed by atoms with Crippen LogP contribution in [0.25, 0.3) is 0 Å². The zero-order valence-corrected chi connectivity index (χ0v) is 19.4. The molecule has 1 amide bonds. The highest BCUT2D eigenvalue weighted by Gasteiger charge is 2.18. The number of halogens is 1. The summed E-state index contributed by atoms with van der Waals surface area (Å²) in [7, 11) is -1.90. The van der Waals surface area contributed by atoms with Gasteiger partial charge in [0.15, 0.2) is 9.84 Å². The van der Waals surface area contributed by atoms with Crippen LogP contribution in [-0.4, -0.2) is 40.3 Å². The molecular weight excluding hydrogens is 424 g/mol. The quantitative estimate of drug-likeness (QED) is 0.599. The van der Waals surface area contributed by atoms with E-state index in [-0.39, 0.29) is 34.9 Å². The van der Waals surface area contributed by atoms with Crippen LogP contribution in [0.15, 0.2) is 47.4 Å². The van der Waals surface area contributed by atoms with E-state index in [2.05, 4.69) is 31.4 Å². The lowest BCUT2D eigenvalue weighted by molar-refractivity contribution is -0.120. The van der Waals surface area contributed by atoms with Crippen LogP contribution in [-0.2, 0) is 20.0 Å². The number of nitrogens with one attached hydrogen (secondary N) is 2. The van der Waals surface area contributed by atoms with Crippen LogP contribution >= 0.6 is 11.6 Å². The lowest BCUT2D eigenvalue weighted by Crippen LogP contribution is -2.30. The number of benzene rings is 2. The number of amides is 1. The molecule has 0 spiro atoms. The third kappa shape index (κ3) is 6.92. The zero-order chi connectivity index (χ0) is 22.4. The van der Waals surface area contributed by atoms with Crippen molar-refractivity contribution in [2.45, 2.75) is 37.5 Å². The van der Waals surface area contributed by atoms with E-state index < -0.39 is 9.84 Å². The fourth-order valence-corrected chi connectivity index (χ4v) is 4.15. The Hall–Kier alpha value is -2.25. The van der Waals surface area contributed by atoms with Gasteiger partial charge in [-0.1, -0.05) is 44.5 Å². The number of sulfone groups is 1. The van der Waals surface area contributed by atoms with Gasteiger partial charge in [-0.3, -0.25) is 4.79 Å². The summed E-state index contributed by atoms with van der Waals surface area (Å²) in [5, 5.41) is 6.31. The second-order valence-corrected chi connectivity index (χ2v) is 10.5. The van der Waals surface area contributed by atoms with Crippen molar-refractivity contribution in [3.8, 4) is 5.75 Å². The molecule has 0 saturated heterocycles. The van der Waals surface area contributed by atoms with Gasteiger partial charge in [0.2, 0.25) is 5.91 Å². The van der Waals surface area contributed by atoms with E-state index in [9.17, 15) is 13.2 Å². The van der Waals surface area contributed by atoms with Gasteiger partial charge in [-0.25, -0.2) is 8.42 Å². The Morgan fingerprint density at radius 2 is 1.73 bits per heavy atom. The molecule has 164 valence electrons. The molecule has 2 N–H and O–H groups in total. The molecule has 0 heterocycles. The van der Waals surface area contributed by atoms with Gasteiger partial charge in [-0.05, 0) is 41.3 Å². The number of methoxy groups -OCH3 is 1. The van der Waals surface area contributed by atoms with Crippen LogP contribution in [0.5, 0.6) is 5.75 Å². The van der Waals surface area contributed by atoms with Crippen LogP contribution in [0.1, 0.15) is 32.8 Å². The van der Waals surface area contributed by atoms with Crippen molar-refractivity contribution < 1.29 is 17.9 Å². The molecule has 0 aliphatic heterocycles. The standard InChI is InChI=1S/C22H29ClN2O4S/c1-22(2,3)16-5-8-18(9-6-16)30(27,28)14-13-25-21(26)11-12-24-19-15-17(23)7-10-20(19)29-4/h5-10,15,24H,11-14H2,1-4H3,(H,25,26). The number of carbonyl (C=O) groups excluding carboxylic acids is 1. The predicted molar refractivity (Wildman–Crippen MR) is 121 cm³/mol. The Morgan fingerprint density at radius 1 is 1.07 bits per heavy atom. The molecular formula is C22H29ClN2O4S. The molecule has 0 radical (unpaired) electrons. The maximum Gasteiger partial charge on any atom is 0.221 e. The second kappa shape index (κ2) is 10.2. The highest BCUT2D eigenvalue weighted by atomic mass is 35.5. The third-order valence-corrected chi connectivity index (χ3v) is 6.57. The van der Waals surface area contributed by atoms with Gasteiger partial charge in [0.05, 0.1) is 23.4 Å². The summed E-state index contributed by atoms with van der Waals surface area (Å²) in [4.78, 5) is 12.3. The molecule has 0 unspecified atom stereocenters. The van der Waals surface area contributed by atoms with Gasteiger partial charge in [-0.2, -0.15) is 0 Å². The van der Waals surface area contributed by atoms with Crippen LogP contribution in [0.4, 0.5) is 5.69 Å². The largest absolute Gasteiger partial charge is 0.495 e. The molecule has 30 heavy (non-hydrogen) atoms. The average Bonchev–Trinajstić information content (AvgIpc) is 2.67. The van der Waals surface area contributed by atoms with Crippen LogP contribution in [0.3, 0.4) is 0 Å². The van der Waals surface area contributed by atoms with Gasteiger partial charge >= 0.3 is 0 Å². The first-order chi connectivity index (χ1) is 14.0. The Morgan fingerprint density at radius 3 is 2.33 bits per heavy atom. The first kappa shape index (κ1) is 24.0. The number of rotatable bonds is 9. The fraction of sp³-hybridized carbons (Fsp3) is 0.409. The van der Waals surface area contributed by atoms with Crippen LogP contribution < -0.4 is 15.4 Å². The normalized spacial score (nSPS) is 11.8. The summed E-state index contributed by atoms with van der Waals surface area (Å²) >= 11 is 5.98. The molecule has 2 rings (SSSR count). The lowest BCUT2D eigenvalue weighted by atomic mass is 9.87.